The molecule has 0 saturated heterocycles. The van der Waals surface area contributed by atoms with E-state index in [0.29, 0.717) is 13.0 Å². The average molecular weight is 349 g/mol. The van der Waals surface area contributed by atoms with Gasteiger partial charge in [0.2, 0.25) is 0 Å². The minimum atomic E-state index is -0.469. The van der Waals surface area contributed by atoms with E-state index >= 15 is 0 Å². The third-order valence-electron chi connectivity index (χ3n) is 3.62. The number of benzene rings is 2. The number of amides is 1. The fourth-order valence-electron chi connectivity index (χ4n) is 2.30. The largest absolute Gasteiger partial charge is 0.481 e. The van der Waals surface area contributed by atoms with Crippen molar-refractivity contribution in [3.05, 3.63) is 59.7 Å². The van der Waals surface area contributed by atoms with Gasteiger partial charge in [0.05, 0.1) is 0 Å². The molecule has 1 amide bonds. The third-order valence-corrected chi connectivity index (χ3v) is 3.62. The molecule has 0 aliphatic carbocycles. The van der Waals surface area contributed by atoms with E-state index in [1.165, 1.54) is 0 Å². The van der Waals surface area contributed by atoms with Crippen LogP contribution in [0.15, 0.2) is 48.5 Å². The van der Waals surface area contributed by atoms with Gasteiger partial charge in [-0.1, -0.05) is 31.2 Å². The van der Waals surface area contributed by atoms with Crippen molar-refractivity contribution in [3.8, 4) is 5.75 Å². The molecule has 0 aliphatic heterocycles. The van der Waals surface area contributed by atoms with Crippen molar-refractivity contribution in [2.24, 2.45) is 0 Å². The molecule has 0 bridgehead atoms. The smallest absolute Gasteiger partial charge is 0.261 e. The number of ether oxygens (including phenoxy) is 1. The number of anilines is 1. The molecule has 0 fully saturated rings. The van der Waals surface area contributed by atoms with Crippen LogP contribution in [0.5, 0.6) is 5.75 Å². The van der Waals surface area contributed by atoms with E-state index in [1.807, 2.05) is 62.4 Å². The van der Waals surface area contributed by atoms with Crippen LogP contribution in [0, 0.1) is 6.92 Å². The SMILES string of the molecule is CCC(Oc1cccc(C)c1)C(=O)NCCc1ccc(N)cc1.Cl. The summed E-state index contributed by atoms with van der Waals surface area (Å²) < 4.78 is 5.80. The van der Waals surface area contributed by atoms with Crippen molar-refractivity contribution in [1.82, 2.24) is 5.32 Å². The van der Waals surface area contributed by atoms with Gasteiger partial charge in [0.25, 0.3) is 5.91 Å². The number of aryl methyl sites for hydroxylation is 1. The predicted molar refractivity (Wildman–Crippen MR) is 101 cm³/mol. The van der Waals surface area contributed by atoms with Crippen LogP contribution in [0.25, 0.3) is 0 Å². The van der Waals surface area contributed by atoms with Gasteiger partial charge in [0.15, 0.2) is 6.10 Å². The second-order valence-electron chi connectivity index (χ2n) is 5.61. The second kappa shape index (κ2) is 9.83. The molecular formula is C19H25ClN2O2. The van der Waals surface area contributed by atoms with Crippen LogP contribution in [-0.2, 0) is 11.2 Å². The molecule has 24 heavy (non-hydrogen) atoms. The Bertz CT molecular complexity index is 644. The van der Waals surface area contributed by atoms with Crippen LogP contribution >= 0.6 is 12.4 Å². The fourth-order valence-corrected chi connectivity index (χ4v) is 2.30. The van der Waals surface area contributed by atoms with E-state index in [2.05, 4.69) is 5.32 Å². The number of hydrogen-bond acceptors (Lipinski definition) is 3. The van der Waals surface area contributed by atoms with Gasteiger partial charge < -0.3 is 15.8 Å². The van der Waals surface area contributed by atoms with Gasteiger partial charge in [-0.05, 0) is 55.2 Å². The lowest BCUT2D eigenvalue weighted by atomic mass is 10.1. The average Bonchev–Trinajstić information content (AvgIpc) is 2.54. The molecular weight excluding hydrogens is 324 g/mol. The molecule has 5 heteroatoms. The monoisotopic (exact) mass is 348 g/mol. The number of carbonyl (C=O) groups is 1. The van der Waals surface area contributed by atoms with E-state index in [4.69, 9.17) is 10.5 Å². The Morgan fingerprint density at radius 2 is 1.92 bits per heavy atom. The van der Waals surface area contributed by atoms with Crippen molar-refractivity contribution in [1.29, 1.82) is 0 Å². The summed E-state index contributed by atoms with van der Waals surface area (Å²) in [6.45, 7) is 4.52. The normalized spacial score (nSPS) is 11.2. The van der Waals surface area contributed by atoms with E-state index in [1.54, 1.807) is 0 Å². The van der Waals surface area contributed by atoms with Crippen molar-refractivity contribution >= 4 is 24.0 Å². The van der Waals surface area contributed by atoms with Crippen LogP contribution in [0.2, 0.25) is 0 Å². The summed E-state index contributed by atoms with van der Waals surface area (Å²) in [5, 5.41) is 2.94. The maximum atomic E-state index is 12.3. The highest BCUT2D eigenvalue weighted by Gasteiger charge is 2.17. The van der Waals surface area contributed by atoms with Gasteiger partial charge in [-0.15, -0.1) is 12.4 Å². The number of halogens is 1. The van der Waals surface area contributed by atoms with Crippen molar-refractivity contribution in [3.63, 3.8) is 0 Å². The Hall–Kier alpha value is -2.20. The zero-order valence-corrected chi connectivity index (χ0v) is 14.9. The van der Waals surface area contributed by atoms with Gasteiger partial charge in [-0.25, -0.2) is 0 Å². The lowest BCUT2D eigenvalue weighted by Crippen LogP contribution is -2.38. The van der Waals surface area contributed by atoms with Crippen LogP contribution < -0.4 is 15.8 Å². The summed E-state index contributed by atoms with van der Waals surface area (Å²) in [6.07, 6.45) is 0.928. The molecule has 0 heterocycles. The Kier molecular flexibility index (Phi) is 8.13. The van der Waals surface area contributed by atoms with Gasteiger partial charge in [-0.3, -0.25) is 4.79 Å². The molecule has 4 nitrogen and oxygen atoms in total. The van der Waals surface area contributed by atoms with Gasteiger partial charge in [-0.2, -0.15) is 0 Å². The number of nitrogen functional groups attached to an aromatic ring is 1. The Morgan fingerprint density at radius 3 is 2.54 bits per heavy atom. The number of rotatable bonds is 7. The first-order chi connectivity index (χ1) is 11.1. The van der Waals surface area contributed by atoms with Gasteiger partial charge in [0, 0.05) is 12.2 Å². The predicted octanol–water partition coefficient (Wildman–Crippen LogP) is 3.52. The number of carbonyl (C=O) groups excluding carboxylic acids is 1. The van der Waals surface area contributed by atoms with Gasteiger partial charge in [0.1, 0.15) is 5.75 Å². The highest BCUT2D eigenvalue weighted by atomic mass is 35.5. The molecule has 1 atom stereocenters. The summed E-state index contributed by atoms with van der Waals surface area (Å²) >= 11 is 0. The van der Waals surface area contributed by atoms with Crippen molar-refractivity contribution in [2.45, 2.75) is 32.8 Å². The maximum absolute atomic E-state index is 12.3. The summed E-state index contributed by atoms with van der Waals surface area (Å²) in [7, 11) is 0. The molecule has 0 aliphatic rings. The van der Waals surface area contributed by atoms with Crippen LogP contribution in [-0.4, -0.2) is 18.6 Å². The summed E-state index contributed by atoms with van der Waals surface area (Å²) in [4.78, 5) is 12.3. The minimum absolute atomic E-state index is 0. The minimum Gasteiger partial charge on any atom is -0.481 e. The fraction of sp³-hybridized carbons (Fsp3) is 0.316. The summed E-state index contributed by atoms with van der Waals surface area (Å²) in [5.74, 6) is 0.648. The Morgan fingerprint density at radius 1 is 1.21 bits per heavy atom. The quantitative estimate of drug-likeness (QED) is 0.752. The van der Waals surface area contributed by atoms with Crippen LogP contribution in [0.4, 0.5) is 5.69 Å². The lowest BCUT2D eigenvalue weighted by molar-refractivity contribution is -0.128. The van der Waals surface area contributed by atoms with Crippen molar-refractivity contribution < 1.29 is 9.53 Å². The molecule has 3 N–H and O–H groups in total. The van der Waals surface area contributed by atoms with Crippen molar-refractivity contribution in [2.75, 3.05) is 12.3 Å². The molecule has 0 saturated carbocycles. The molecule has 2 aromatic carbocycles. The standard InChI is InChI=1S/C19H24N2O2.ClH/c1-3-18(23-17-6-4-5-14(2)13-17)19(22)21-12-11-15-7-9-16(20)10-8-15;/h4-10,13,18H,3,11-12,20H2,1-2H3,(H,21,22);1H. The Labute approximate surface area is 149 Å². The van der Waals surface area contributed by atoms with Gasteiger partial charge >= 0.3 is 0 Å². The number of nitrogens with two attached hydrogens (primary N) is 1. The molecule has 0 radical (unpaired) electrons. The highest BCUT2D eigenvalue weighted by molar-refractivity contribution is 5.85. The first-order valence-corrected chi connectivity index (χ1v) is 7.94. The topological polar surface area (TPSA) is 64.3 Å². The zero-order valence-electron chi connectivity index (χ0n) is 14.1. The maximum Gasteiger partial charge on any atom is 0.261 e. The lowest BCUT2D eigenvalue weighted by Gasteiger charge is -2.17. The highest BCUT2D eigenvalue weighted by Crippen LogP contribution is 2.15. The summed E-state index contributed by atoms with van der Waals surface area (Å²) in [6, 6.07) is 15.4. The molecule has 0 spiro atoms. The van der Waals surface area contributed by atoms with Crippen LogP contribution in [0.1, 0.15) is 24.5 Å². The number of nitrogens with one attached hydrogen (secondary N) is 1. The van der Waals surface area contributed by atoms with E-state index in [0.717, 1.165) is 29.0 Å². The molecule has 1 unspecified atom stereocenters. The molecule has 130 valence electrons. The zero-order chi connectivity index (χ0) is 16.7. The van der Waals surface area contributed by atoms with Crippen LogP contribution in [0.3, 0.4) is 0 Å². The summed E-state index contributed by atoms with van der Waals surface area (Å²) in [5.41, 5.74) is 8.66. The molecule has 2 aromatic rings. The third kappa shape index (κ3) is 6.13. The van der Waals surface area contributed by atoms with E-state index in [-0.39, 0.29) is 18.3 Å². The molecule has 0 aromatic heterocycles. The van der Waals surface area contributed by atoms with E-state index < -0.39 is 6.10 Å². The Balaban J connectivity index is 0.00000288. The first kappa shape index (κ1) is 19.8. The number of hydrogen-bond donors (Lipinski definition) is 2. The first-order valence-electron chi connectivity index (χ1n) is 7.94. The molecule has 2 rings (SSSR count). The van der Waals surface area contributed by atoms with E-state index in [9.17, 15) is 4.79 Å². The second-order valence-corrected chi connectivity index (χ2v) is 5.61.